The number of carbonyl (C=O) groups excluding carboxylic acids is 1. The molecule has 40 heavy (non-hydrogen) atoms. The molecule has 0 aromatic heterocycles. The molecule has 220 valence electrons. The lowest BCUT2D eigenvalue weighted by molar-refractivity contribution is -0.134. The molecule has 0 unspecified atom stereocenters. The molecule has 14 heteroatoms. The Hall–Kier alpha value is -3.78. The Morgan fingerprint density at radius 1 is 0.825 bits per heavy atom. The molecule has 4 N–H and O–H groups in total. The summed E-state index contributed by atoms with van der Waals surface area (Å²) in [6, 6.07) is 7.54. The van der Waals surface area contributed by atoms with Crippen LogP contribution in [-0.4, -0.2) is 120 Å². The van der Waals surface area contributed by atoms with E-state index in [1.54, 1.807) is 7.11 Å². The average Bonchev–Trinajstić information content (AvgIpc) is 3.26. The van der Waals surface area contributed by atoms with Crippen molar-refractivity contribution in [3.05, 3.63) is 53.6 Å². The van der Waals surface area contributed by atoms with Crippen molar-refractivity contribution in [2.75, 3.05) is 64.4 Å². The van der Waals surface area contributed by atoms with Gasteiger partial charge in [-0.3, -0.25) is 9.69 Å². The Bertz CT molecular complexity index is 987. The smallest absolute Gasteiger partial charge is 0.328 e. The van der Waals surface area contributed by atoms with Gasteiger partial charge in [-0.15, -0.1) is 0 Å². The fourth-order valence-electron chi connectivity index (χ4n) is 3.80. The van der Waals surface area contributed by atoms with Gasteiger partial charge in [0.25, 0.3) is 0 Å². The number of piperazine rings is 1. The van der Waals surface area contributed by atoms with E-state index in [4.69, 9.17) is 36.8 Å². The van der Waals surface area contributed by atoms with Gasteiger partial charge in [-0.25, -0.2) is 19.2 Å². The van der Waals surface area contributed by atoms with Gasteiger partial charge in [0.05, 0.1) is 12.5 Å². The number of aliphatic carboxylic acids is 4. The van der Waals surface area contributed by atoms with Crippen LogP contribution >= 0.6 is 11.6 Å². The second-order valence-electron chi connectivity index (χ2n) is 8.61. The van der Waals surface area contributed by atoms with Gasteiger partial charge in [0.15, 0.2) is 0 Å². The molecule has 13 nitrogen and oxygen atoms in total. The van der Waals surface area contributed by atoms with Crippen molar-refractivity contribution in [1.29, 1.82) is 0 Å². The molecule has 3 rings (SSSR count). The first-order valence-corrected chi connectivity index (χ1v) is 12.6. The number of halogens is 1. The lowest BCUT2D eigenvalue weighted by Crippen LogP contribution is -2.49. The first-order chi connectivity index (χ1) is 18.9. The highest BCUT2D eigenvalue weighted by atomic mass is 35.5. The molecule has 2 aliphatic heterocycles. The number of amides is 1. The summed E-state index contributed by atoms with van der Waals surface area (Å²) in [5, 5.41) is 32.0. The number of methoxy groups -OCH3 is 1. The Morgan fingerprint density at radius 2 is 1.27 bits per heavy atom. The van der Waals surface area contributed by atoms with E-state index in [9.17, 15) is 24.0 Å². The van der Waals surface area contributed by atoms with Crippen LogP contribution in [0.15, 0.2) is 48.6 Å². The molecule has 2 fully saturated rings. The fourth-order valence-corrected chi connectivity index (χ4v) is 3.92. The number of carboxylic acid groups (broad SMARTS) is 4. The van der Waals surface area contributed by atoms with E-state index in [1.165, 1.54) is 0 Å². The van der Waals surface area contributed by atoms with E-state index in [2.05, 4.69) is 9.80 Å². The third-order valence-corrected chi connectivity index (χ3v) is 6.00. The van der Waals surface area contributed by atoms with Gasteiger partial charge in [-0.2, -0.15) is 0 Å². The quantitative estimate of drug-likeness (QED) is 0.290. The van der Waals surface area contributed by atoms with E-state index in [0.717, 1.165) is 64.5 Å². The SMILES string of the molecule is COCCN1CCN(C[C@H]2CCN(c3ccc(Cl)cc3)C2=O)CC1.O=C(O)/C=C/C(=O)O.O=C(O)/C=C/C(=O)O. The van der Waals surface area contributed by atoms with Crippen LogP contribution < -0.4 is 4.90 Å². The summed E-state index contributed by atoms with van der Waals surface area (Å²) in [4.78, 5) is 57.7. The molecule has 0 saturated carbocycles. The van der Waals surface area contributed by atoms with Crippen LogP contribution in [-0.2, 0) is 28.7 Å². The minimum absolute atomic E-state index is 0.117. The number of benzene rings is 1. The van der Waals surface area contributed by atoms with E-state index >= 15 is 0 Å². The summed E-state index contributed by atoms with van der Waals surface area (Å²) in [6.45, 7) is 7.66. The number of ether oxygens (including phenoxy) is 1. The molecule has 0 aliphatic carbocycles. The van der Waals surface area contributed by atoms with Crippen molar-refractivity contribution in [1.82, 2.24) is 9.80 Å². The van der Waals surface area contributed by atoms with Gasteiger partial charge < -0.3 is 35.0 Å². The summed E-state index contributed by atoms with van der Waals surface area (Å²) in [6.07, 6.45) is 3.17. The number of carbonyl (C=O) groups is 5. The molecule has 0 bridgehead atoms. The van der Waals surface area contributed by atoms with E-state index in [1.807, 2.05) is 29.2 Å². The first-order valence-electron chi connectivity index (χ1n) is 12.2. The fraction of sp³-hybridized carbons (Fsp3) is 0.423. The second-order valence-corrected chi connectivity index (χ2v) is 9.04. The normalized spacial score (nSPS) is 17.7. The Kier molecular flexibility index (Phi) is 15.8. The highest BCUT2D eigenvalue weighted by Crippen LogP contribution is 2.27. The summed E-state index contributed by atoms with van der Waals surface area (Å²) in [7, 11) is 1.74. The lowest BCUT2D eigenvalue weighted by Gasteiger charge is -2.35. The van der Waals surface area contributed by atoms with Gasteiger partial charge >= 0.3 is 23.9 Å². The maximum atomic E-state index is 12.7. The monoisotopic (exact) mass is 583 g/mol. The van der Waals surface area contributed by atoms with E-state index in [0.29, 0.717) is 29.3 Å². The number of hydrogen-bond acceptors (Lipinski definition) is 8. The molecule has 0 spiro atoms. The number of hydrogen-bond donors (Lipinski definition) is 4. The van der Waals surface area contributed by atoms with E-state index in [-0.39, 0.29) is 11.8 Å². The van der Waals surface area contributed by atoms with Crippen LogP contribution in [0.4, 0.5) is 5.69 Å². The van der Waals surface area contributed by atoms with Crippen LogP contribution in [0.1, 0.15) is 6.42 Å². The highest BCUT2D eigenvalue weighted by Gasteiger charge is 2.34. The molecule has 2 aliphatic rings. The van der Waals surface area contributed by atoms with Crippen molar-refractivity contribution < 1.29 is 49.1 Å². The Balaban J connectivity index is 0.000000412. The maximum Gasteiger partial charge on any atom is 0.328 e. The van der Waals surface area contributed by atoms with Crippen LogP contribution in [0, 0.1) is 5.92 Å². The zero-order valence-electron chi connectivity index (χ0n) is 22.0. The second kappa shape index (κ2) is 18.5. The summed E-state index contributed by atoms with van der Waals surface area (Å²) >= 11 is 5.93. The predicted molar refractivity (Wildman–Crippen MR) is 145 cm³/mol. The molecule has 2 heterocycles. The van der Waals surface area contributed by atoms with Crippen molar-refractivity contribution in [2.24, 2.45) is 5.92 Å². The number of nitrogens with zero attached hydrogens (tertiary/aromatic N) is 3. The van der Waals surface area contributed by atoms with Crippen LogP contribution in [0.2, 0.25) is 5.02 Å². The van der Waals surface area contributed by atoms with Crippen molar-refractivity contribution in [3.63, 3.8) is 0 Å². The van der Waals surface area contributed by atoms with Crippen LogP contribution in [0.25, 0.3) is 0 Å². The van der Waals surface area contributed by atoms with Crippen molar-refractivity contribution >= 4 is 47.1 Å². The van der Waals surface area contributed by atoms with Gasteiger partial charge in [-0.05, 0) is 30.7 Å². The molecule has 2 saturated heterocycles. The van der Waals surface area contributed by atoms with Crippen LogP contribution in [0.3, 0.4) is 0 Å². The van der Waals surface area contributed by atoms with Gasteiger partial charge in [0, 0.05) is 87.9 Å². The maximum absolute atomic E-state index is 12.7. The Morgan fingerprint density at radius 3 is 1.70 bits per heavy atom. The number of anilines is 1. The number of carboxylic acids is 4. The topological polar surface area (TPSA) is 185 Å². The van der Waals surface area contributed by atoms with Crippen LogP contribution in [0.5, 0.6) is 0 Å². The van der Waals surface area contributed by atoms with Gasteiger partial charge in [0.1, 0.15) is 0 Å². The zero-order chi connectivity index (χ0) is 30.1. The molecular formula is C26H34ClN3O10. The summed E-state index contributed by atoms with van der Waals surface area (Å²) < 4.78 is 5.14. The van der Waals surface area contributed by atoms with Crippen molar-refractivity contribution in [2.45, 2.75) is 6.42 Å². The summed E-state index contributed by atoms with van der Waals surface area (Å²) in [5.41, 5.74) is 0.955. The van der Waals surface area contributed by atoms with E-state index < -0.39 is 23.9 Å². The Labute approximate surface area is 236 Å². The molecule has 1 atom stereocenters. The molecular weight excluding hydrogens is 550 g/mol. The lowest BCUT2D eigenvalue weighted by atomic mass is 10.1. The first kappa shape index (κ1) is 34.2. The minimum Gasteiger partial charge on any atom is -0.478 e. The molecule has 1 aromatic rings. The summed E-state index contributed by atoms with van der Waals surface area (Å²) in [5.74, 6) is -4.66. The molecule has 0 radical (unpaired) electrons. The molecule has 1 aromatic carbocycles. The van der Waals surface area contributed by atoms with Gasteiger partial charge in [-0.1, -0.05) is 11.6 Å². The standard InChI is InChI=1S/C18H26ClN3O2.2C4H4O4/c1-24-13-12-20-8-10-21(11-9-20)14-15-6-7-22(18(15)23)17-4-2-16(19)3-5-17;2*5-3(6)1-2-4(7)8/h2-5,15H,6-14H2,1H3;2*1-2H,(H,5,6)(H,7,8)/b;2*2-1+/t15-;;/m1../s1. The predicted octanol–water partition coefficient (Wildman–Crippen LogP) is 1.38. The minimum atomic E-state index is -1.26. The van der Waals surface area contributed by atoms with Gasteiger partial charge in [0.2, 0.25) is 5.91 Å². The molecule has 1 amide bonds. The highest BCUT2D eigenvalue weighted by molar-refractivity contribution is 6.30. The number of rotatable bonds is 10. The average molecular weight is 584 g/mol. The largest absolute Gasteiger partial charge is 0.478 e. The zero-order valence-corrected chi connectivity index (χ0v) is 22.8. The van der Waals surface area contributed by atoms with Crippen molar-refractivity contribution in [3.8, 4) is 0 Å². The third-order valence-electron chi connectivity index (χ3n) is 5.75. The third kappa shape index (κ3) is 14.4.